The maximum absolute atomic E-state index is 12.1. The first-order valence-corrected chi connectivity index (χ1v) is 10.3. The first-order valence-electron chi connectivity index (χ1n) is 8.88. The van der Waals surface area contributed by atoms with Gasteiger partial charge in [-0.05, 0) is 38.5 Å². The summed E-state index contributed by atoms with van der Waals surface area (Å²) >= 11 is 0. The first kappa shape index (κ1) is 27.4. The van der Waals surface area contributed by atoms with Gasteiger partial charge in [0.25, 0.3) is 0 Å². The zero-order chi connectivity index (χ0) is 21.4. The van der Waals surface area contributed by atoms with Gasteiger partial charge in [0.1, 0.15) is 5.60 Å². The molecule has 166 valence electrons. The number of amides is 1. The fraction of sp³-hybridized carbons (Fsp3) is 0.556. The standard InChI is InChI=1S/C18H31N5O4S.HI/c1-18(2,3)27-17(24)21-12-11-20-16(19-4)22-13-14-7-9-15(10-8-14)28(25,26)23(5)6;/h7-10H,11-13H2,1-6H3,(H,21,24)(H2,19,20,22);1H. The van der Waals surface area contributed by atoms with Crippen LogP contribution in [0.1, 0.15) is 26.3 Å². The van der Waals surface area contributed by atoms with Crippen LogP contribution < -0.4 is 16.0 Å². The molecule has 0 fully saturated rings. The van der Waals surface area contributed by atoms with Crippen molar-refractivity contribution in [2.24, 2.45) is 4.99 Å². The number of ether oxygens (including phenoxy) is 1. The van der Waals surface area contributed by atoms with Crippen LogP contribution in [0.15, 0.2) is 34.2 Å². The highest BCUT2D eigenvalue weighted by Gasteiger charge is 2.17. The summed E-state index contributed by atoms with van der Waals surface area (Å²) in [4.78, 5) is 15.9. The van der Waals surface area contributed by atoms with Gasteiger partial charge in [-0.1, -0.05) is 12.1 Å². The fourth-order valence-corrected chi connectivity index (χ4v) is 2.96. The van der Waals surface area contributed by atoms with E-state index in [1.54, 1.807) is 52.1 Å². The van der Waals surface area contributed by atoms with Gasteiger partial charge in [0.2, 0.25) is 10.0 Å². The highest BCUT2D eigenvalue weighted by molar-refractivity contribution is 14.0. The minimum absolute atomic E-state index is 0. The number of carbonyl (C=O) groups excluding carboxylic acids is 1. The van der Waals surface area contributed by atoms with Crippen LogP contribution in [0.4, 0.5) is 4.79 Å². The summed E-state index contributed by atoms with van der Waals surface area (Å²) in [7, 11) is 1.21. The number of nitrogens with zero attached hydrogens (tertiary/aromatic N) is 2. The van der Waals surface area contributed by atoms with Gasteiger partial charge in [0.15, 0.2) is 5.96 Å². The lowest BCUT2D eigenvalue weighted by molar-refractivity contribution is 0.0529. The molecule has 0 aromatic heterocycles. The Morgan fingerprint density at radius 1 is 1.07 bits per heavy atom. The zero-order valence-electron chi connectivity index (χ0n) is 17.8. The number of hydrogen-bond donors (Lipinski definition) is 3. The molecule has 0 saturated heterocycles. The van der Waals surface area contributed by atoms with Crippen LogP contribution in [-0.4, -0.2) is 64.6 Å². The number of sulfonamides is 1. The Morgan fingerprint density at radius 2 is 1.62 bits per heavy atom. The molecule has 0 heterocycles. The molecule has 1 rings (SSSR count). The number of nitrogens with one attached hydrogen (secondary N) is 3. The van der Waals surface area contributed by atoms with E-state index in [0.717, 1.165) is 5.56 Å². The van der Waals surface area contributed by atoms with Crippen molar-refractivity contribution in [3.63, 3.8) is 0 Å². The summed E-state index contributed by atoms with van der Waals surface area (Å²) in [6.07, 6.45) is -0.468. The summed E-state index contributed by atoms with van der Waals surface area (Å²) in [5.74, 6) is 0.566. The second-order valence-electron chi connectivity index (χ2n) is 7.21. The third-order valence-corrected chi connectivity index (χ3v) is 5.30. The Bertz CT molecular complexity index is 774. The SMILES string of the molecule is CN=C(NCCNC(=O)OC(C)(C)C)NCc1ccc(S(=O)(=O)N(C)C)cc1.I. The number of rotatable bonds is 7. The summed E-state index contributed by atoms with van der Waals surface area (Å²) in [5, 5.41) is 8.86. The van der Waals surface area contributed by atoms with Gasteiger partial charge >= 0.3 is 6.09 Å². The van der Waals surface area contributed by atoms with E-state index in [1.165, 1.54) is 18.4 Å². The number of aliphatic imine (C=N–C) groups is 1. The van der Waals surface area contributed by atoms with Gasteiger partial charge in [-0.15, -0.1) is 24.0 Å². The van der Waals surface area contributed by atoms with Crippen LogP contribution in [0.3, 0.4) is 0 Å². The Balaban J connectivity index is 0.00000784. The lowest BCUT2D eigenvalue weighted by Gasteiger charge is -2.20. The Morgan fingerprint density at radius 3 is 2.10 bits per heavy atom. The maximum atomic E-state index is 12.1. The first-order chi connectivity index (χ1) is 13.0. The Labute approximate surface area is 190 Å². The lowest BCUT2D eigenvalue weighted by Crippen LogP contribution is -2.42. The number of halogens is 1. The van der Waals surface area contributed by atoms with Crippen molar-refractivity contribution in [3.8, 4) is 0 Å². The topological polar surface area (TPSA) is 112 Å². The van der Waals surface area contributed by atoms with Crippen molar-refractivity contribution in [3.05, 3.63) is 29.8 Å². The molecule has 0 bridgehead atoms. The molecule has 0 spiro atoms. The monoisotopic (exact) mass is 541 g/mol. The Hall–Kier alpha value is -1.60. The minimum atomic E-state index is -3.43. The van der Waals surface area contributed by atoms with Crippen LogP contribution >= 0.6 is 24.0 Å². The molecule has 0 unspecified atom stereocenters. The average molecular weight is 541 g/mol. The molecule has 0 radical (unpaired) electrons. The molecule has 1 aromatic carbocycles. The van der Waals surface area contributed by atoms with Crippen LogP contribution in [0.25, 0.3) is 0 Å². The Kier molecular flexibility index (Phi) is 11.5. The number of guanidine groups is 1. The highest BCUT2D eigenvalue weighted by Crippen LogP contribution is 2.13. The highest BCUT2D eigenvalue weighted by atomic mass is 127. The smallest absolute Gasteiger partial charge is 0.407 e. The van der Waals surface area contributed by atoms with Crippen molar-refractivity contribution in [1.29, 1.82) is 0 Å². The van der Waals surface area contributed by atoms with E-state index in [4.69, 9.17) is 4.74 Å². The molecule has 29 heavy (non-hydrogen) atoms. The van der Waals surface area contributed by atoms with E-state index in [2.05, 4.69) is 20.9 Å². The van der Waals surface area contributed by atoms with Crippen molar-refractivity contribution in [2.45, 2.75) is 37.8 Å². The normalized spacial score (nSPS) is 12.2. The molecule has 3 N–H and O–H groups in total. The molecule has 0 saturated carbocycles. The van der Waals surface area contributed by atoms with E-state index in [9.17, 15) is 13.2 Å². The van der Waals surface area contributed by atoms with Gasteiger partial charge in [-0.3, -0.25) is 4.99 Å². The van der Waals surface area contributed by atoms with Gasteiger partial charge in [-0.25, -0.2) is 17.5 Å². The fourth-order valence-electron chi connectivity index (χ4n) is 2.06. The summed E-state index contributed by atoms with van der Waals surface area (Å²) < 4.78 is 30.5. The minimum Gasteiger partial charge on any atom is -0.444 e. The molecule has 0 aliphatic heterocycles. The van der Waals surface area contributed by atoms with Crippen molar-refractivity contribution in [2.75, 3.05) is 34.2 Å². The quantitative estimate of drug-likeness (QED) is 0.210. The van der Waals surface area contributed by atoms with Gasteiger partial charge < -0.3 is 20.7 Å². The predicted molar refractivity (Wildman–Crippen MR) is 125 cm³/mol. The summed E-state index contributed by atoms with van der Waals surface area (Å²) in [6.45, 7) is 6.74. The zero-order valence-corrected chi connectivity index (χ0v) is 20.9. The van der Waals surface area contributed by atoms with Crippen molar-refractivity contribution >= 4 is 46.1 Å². The maximum Gasteiger partial charge on any atom is 0.407 e. The molecule has 1 aromatic rings. The van der Waals surface area contributed by atoms with Crippen molar-refractivity contribution < 1.29 is 17.9 Å². The lowest BCUT2D eigenvalue weighted by atomic mass is 10.2. The second kappa shape index (κ2) is 12.2. The van der Waals surface area contributed by atoms with Gasteiger partial charge in [0, 0.05) is 40.8 Å². The van der Waals surface area contributed by atoms with Crippen molar-refractivity contribution in [1.82, 2.24) is 20.3 Å². The van der Waals surface area contributed by atoms with E-state index < -0.39 is 21.7 Å². The molecule has 0 aliphatic carbocycles. The molecule has 0 atom stereocenters. The van der Waals surface area contributed by atoms with Crippen LogP contribution in [0.2, 0.25) is 0 Å². The van der Waals surface area contributed by atoms with Gasteiger partial charge in [-0.2, -0.15) is 0 Å². The largest absolute Gasteiger partial charge is 0.444 e. The summed E-state index contributed by atoms with van der Waals surface area (Å²) in [5.41, 5.74) is 0.379. The molecule has 0 aliphatic rings. The number of benzene rings is 1. The number of hydrogen-bond acceptors (Lipinski definition) is 5. The van der Waals surface area contributed by atoms with E-state index in [1.807, 2.05) is 0 Å². The molecular formula is C18H32IN5O4S. The number of carbonyl (C=O) groups is 1. The van der Waals surface area contributed by atoms with E-state index in [-0.39, 0.29) is 28.9 Å². The van der Waals surface area contributed by atoms with Crippen LogP contribution in [-0.2, 0) is 21.3 Å². The molecular weight excluding hydrogens is 509 g/mol. The second-order valence-corrected chi connectivity index (χ2v) is 9.36. The predicted octanol–water partition coefficient (Wildman–Crippen LogP) is 1.74. The van der Waals surface area contributed by atoms with Crippen LogP contribution in [0, 0.1) is 0 Å². The summed E-state index contributed by atoms with van der Waals surface area (Å²) in [6, 6.07) is 6.65. The van der Waals surface area contributed by atoms with E-state index >= 15 is 0 Å². The molecule has 11 heteroatoms. The third kappa shape index (κ3) is 10.1. The van der Waals surface area contributed by atoms with Crippen LogP contribution in [0.5, 0.6) is 0 Å². The molecule has 9 nitrogen and oxygen atoms in total. The third-order valence-electron chi connectivity index (χ3n) is 3.47. The van der Waals surface area contributed by atoms with E-state index in [0.29, 0.717) is 25.6 Å². The van der Waals surface area contributed by atoms with Gasteiger partial charge in [0.05, 0.1) is 4.90 Å². The molecule has 1 amide bonds. The average Bonchev–Trinajstić information content (AvgIpc) is 2.59. The number of alkyl carbamates (subject to hydrolysis) is 1.